The van der Waals surface area contributed by atoms with Gasteiger partial charge in [0.1, 0.15) is 0 Å². The van der Waals surface area contributed by atoms with E-state index in [0.29, 0.717) is 17.4 Å². The normalized spacial score (nSPS) is 11.8. The maximum Gasteiger partial charge on any atom is 0.240 e. The van der Waals surface area contributed by atoms with Gasteiger partial charge in [0.25, 0.3) is 0 Å². The number of sulfonamides is 1. The topological polar surface area (TPSA) is 59.1 Å². The number of nitrogens with zero attached hydrogens (tertiary/aromatic N) is 1. The fourth-order valence-corrected chi connectivity index (χ4v) is 3.21. The summed E-state index contributed by atoms with van der Waals surface area (Å²) in [7, 11) is -3.43. The largest absolute Gasteiger partial charge is 0.261 e. The van der Waals surface area contributed by atoms with Crippen LogP contribution >= 0.6 is 0 Å². The predicted molar refractivity (Wildman–Crippen MR) is 88.3 cm³/mol. The standard InChI is InChI=1S/C17H22N2O2S/c1-14(2)15-8-10-17(11-9-15)22(20,21)19-13-5-7-16-6-3-4-12-18-16/h3-4,6,8-12,14,19H,5,7,13H2,1-2H3. The van der Waals surface area contributed by atoms with Crippen LogP contribution in [0, 0.1) is 0 Å². The van der Waals surface area contributed by atoms with Crippen LogP contribution in [-0.4, -0.2) is 19.9 Å². The summed E-state index contributed by atoms with van der Waals surface area (Å²) in [5, 5.41) is 0. The van der Waals surface area contributed by atoms with Crippen molar-refractivity contribution in [1.82, 2.24) is 9.71 Å². The molecule has 0 aliphatic heterocycles. The Morgan fingerprint density at radius 3 is 2.41 bits per heavy atom. The van der Waals surface area contributed by atoms with Gasteiger partial charge in [-0.1, -0.05) is 32.0 Å². The molecule has 0 amide bonds. The average molecular weight is 318 g/mol. The van der Waals surface area contributed by atoms with Crippen LogP contribution in [-0.2, 0) is 16.4 Å². The Balaban J connectivity index is 1.88. The molecule has 1 aromatic carbocycles. The minimum absolute atomic E-state index is 0.315. The van der Waals surface area contributed by atoms with Gasteiger partial charge < -0.3 is 0 Å². The lowest BCUT2D eigenvalue weighted by Crippen LogP contribution is -2.25. The van der Waals surface area contributed by atoms with E-state index in [4.69, 9.17) is 0 Å². The third-order valence-electron chi connectivity index (χ3n) is 3.48. The van der Waals surface area contributed by atoms with Gasteiger partial charge in [-0.05, 0) is 48.6 Å². The van der Waals surface area contributed by atoms with Gasteiger partial charge in [0.05, 0.1) is 4.90 Å². The molecule has 0 spiro atoms. The van der Waals surface area contributed by atoms with Gasteiger partial charge in [-0.25, -0.2) is 13.1 Å². The highest BCUT2D eigenvalue weighted by atomic mass is 32.2. The molecule has 1 aromatic heterocycles. The third-order valence-corrected chi connectivity index (χ3v) is 4.96. The minimum Gasteiger partial charge on any atom is -0.261 e. The van der Waals surface area contributed by atoms with E-state index in [1.54, 1.807) is 18.3 Å². The molecule has 0 saturated heterocycles. The number of hydrogen-bond acceptors (Lipinski definition) is 3. The molecule has 0 fully saturated rings. The zero-order chi connectivity index (χ0) is 16.0. The maximum absolute atomic E-state index is 12.2. The number of hydrogen-bond donors (Lipinski definition) is 1. The molecule has 0 bridgehead atoms. The van der Waals surface area contributed by atoms with Crippen molar-refractivity contribution in [1.29, 1.82) is 0 Å². The van der Waals surface area contributed by atoms with Crippen molar-refractivity contribution in [2.75, 3.05) is 6.54 Å². The zero-order valence-corrected chi connectivity index (χ0v) is 13.8. The first kappa shape index (κ1) is 16.6. The fourth-order valence-electron chi connectivity index (χ4n) is 2.14. The molecule has 0 atom stereocenters. The van der Waals surface area contributed by atoms with Gasteiger partial charge in [0.15, 0.2) is 0 Å². The molecule has 0 aliphatic carbocycles. The monoisotopic (exact) mass is 318 g/mol. The Morgan fingerprint density at radius 1 is 1.09 bits per heavy atom. The highest BCUT2D eigenvalue weighted by Crippen LogP contribution is 2.17. The van der Waals surface area contributed by atoms with E-state index < -0.39 is 10.0 Å². The Morgan fingerprint density at radius 2 is 1.82 bits per heavy atom. The van der Waals surface area contributed by atoms with E-state index in [0.717, 1.165) is 24.1 Å². The lowest BCUT2D eigenvalue weighted by molar-refractivity contribution is 0.578. The summed E-state index contributed by atoms with van der Waals surface area (Å²) < 4.78 is 27.0. The molecule has 4 nitrogen and oxygen atoms in total. The molecular weight excluding hydrogens is 296 g/mol. The maximum atomic E-state index is 12.2. The van der Waals surface area contributed by atoms with Crippen molar-refractivity contribution in [3.8, 4) is 0 Å². The summed E-state index contributed by atoms with van der Waals surface area (Å²) >= 11 is 0. The van der Waals surface area contributed by atoms with Crippen molar-refractivity contribution in [3.05, 3.63) is 59.9 Å². The van der Waals surface area contributed by atoms with Gasteiger partial charge in [0.2, 0.25) is 10.0 Å². The first-order chi connectivity index (χ1) is 10.5. The molecule has 0 unspecified atom stereocenters. The van der Waals surface area contributed by atoms with E-state index in [-0.39, 0.29) is 0 Å². The lowest BCUT2D eigenvalue weighted by atomic mass is 10.0. The first-order valence-corrected chi connectivity index (χ1v) is 8.97. The second kappa shape index (κ2) is 7.51. The number of benzene rings is 1. The molecule has 22 heavy (non-hydrogen) atoms. The van der Waals surface area contributed by atoms with Crippen molar-refractivity contribution in [2.45, 2.75) is 37.5 Å². The van der Waals surface area contributed by atoms with Gasteiger partial charge in [-0.3, -0.25) is 4.98 Å². The Bertz CT molecular complexity index is 680. The summed E-state index contributed by atoms with van der Waals surface area (Å²) in [6, 6.07) is 12.8. The molecular formula is C17H22N2O2S. The molecule has 2 aromatic rings. The van der Waals surface area contributed by atoms with Crippen LogP contribution in [0.25, 0.3) is 0 Å². The molecule has 0 aliphatic rings. The SMILES string of the molecule is CC(C)c1ccc(S(=O)(=O)NCCCc2ccccn2)cc1. The zero-order valence-electron chi connectivity index (χ0n) is 13.0. The van der Waals surface area contributed by atoms with E-state index in [9.17, 15) is 8.42 Å². The summed E-state index contributed by atoms with van der Waals surface area (Å²) in [5.41, 5.74) is 2.11. The number of aromatic nitrogens is 1. The quantitative estimate of drug-likeness (QED) is 0.798. The minimum atomic E-state index is -3.43. The average Bonchev–Trinajstić information content (AvgIpc) is 2.53. The summed E-state index contributed by atoms with van der Waals surface area (Å²) in [6.45, 7) is 4.57. The van der Waals surface area contributed by atoms with Crippen LogP contribution < -0.4 is 4.72 Å². The summed E-state index contributed by atoms with van der Waals surface area (Å²) in [4.78, 5) is 4.53. The Hall–Kier alpha value is -1.72. The van der Waals surface area contributed by atoms with Crippen LogP contribution in [0.3, 0.4) is 0 Å². The molecule has 5 heteroatoms. The second-order valence-electron chi connectivity index (χ2n) is 5.55. The highest BCUT2D eigenvalue weighted by molar-refractivity contribution is 7.89. The predicted octanol–water partition coefficient (Wildman–Crippen LogP) is 3.12. The van der Waals surface area contributed by atoms with E-state index >= 15 is 0 Å². The second-order valence-corrected chi connectivity index (χ2v) is 7.31. The lowest BCUT2D eigenvalue weighted by Gasteiger charge is -2.09. The van der Waals surface area contributed by atoms with Crippen LogP contribution in [0.15, 0.2) is 53.6 Å². The highest BCUT2D eigenvalue weighted by Gasteiger charge is 2.13. The van der Waals surface area contributed by atoms with Gasteiger partial charge in [-0.2, -0.15) is 0 Å². The van der Waals surface area contributed by atoms with Crippen LogP contribution in [0.1, 0.15) is 37.4 Å². The Labute approximate surface area is 132 Å². The molecule has 1 heterocycles. The number of aryl methyl sites for hydroxylation is 1. The molecule has 0 radical (unpaired) electrons. The fraction of sp³-hybridized carbons (Fsp3) is 0.353. The van der Waals surface area contributed by atoms with Gasteiger partial charge in [0, 0.05) is 18.4 Å². The first-order valence-electron chi connectivity index (χ1n) is 7.48. The third kappa shape index (κ3) is 4.64. The number of pyridine rings is 1. The van der Waals surface area contributed by atoms with E-state index in [2.05, 4.69) is 23.6 Å². The molecule has 1 N–H and O–H groups in total. The Kier molecular flexibility index (Phi) is 5.69. The smallest absolute Gasteiger partial charge is 0.240 e. The molecule has 2 rings (SSSR count). The number of nitrogens with one attached hydrogen (secondary N) is 1. The number of rotatable bonds is 7. The van der Waals surface area contributed by atoms with E-state index in [1.165, 1.54) is 0 Å². The molecule has 0 saturated carbocycles. The van der Waals surface area contributed by atoms with Crippen molar-refractivity contribution in [2.24, 2.45) is 0 Å². The van der Waals surface area contributed by atoms with Gasteiger partial charge in [-0.15, -0.1) is 0 Å². The molecule has 118 valence electrons. The van der Waals surface area contributed by atoms with Crippen molar-refractivity contribution < 1.29 is 8.42 Å². The summed E-state index contributed by atoms with van der Waals surface area (Å²) in [5.74, 6) is 0.392. The van der Waals surface area contributed by atoms with Crippen LogP contribution in [0.4, 0.5) is 0 Å². The van der Waals surface area contributed by atoms with Crippen LogP contribution in [0.2, 0.25) is 0 Å². The van der Waals surface area contributed by atoms with Crippen LogP contribution in [0.5, 0.6) is 0 Å². The van der Waals surface area contributed by atoms with Crippen molar-refractivity contribution in [3.63, 3.8) is 0 Å². The van der Waals surface area contributed by atoms with Gasteiger partial charge >= 0.3 is 0 Å². The summed E-state index contributed by atoms with van der Waals surface area (Å²) in [6.07, 6.45) is 3.23. The van der Waals surface area contributed by atoms with E-state index in [1.807, 2.05) is 30.3 Å². The van der Waals surface area contributed by atoms with Crippen molar-refractivity contribution >= 4 is 10.0 Å².